The van der Waals surface area contributed by atoms with Crippen LogP contribution in [0.3, 0.4) is 0 Å². The van der Waals surface area contributed by atoms with Crippen molar-refractivity contribution in [2.75, 3.05) is 32.6 Å². The zero-order chi connectivity index (χ0) is 24.1. The number of hydrogen-bond acceptors (Lipinski definition) is 5. The third-order valence-corrected chi connectivity index (χ3v) is 5.84. The summed E-state index contributed by atoms with van der Waals surface area (Å²) >= 11 is 0. The fourth-order valence-electron chi connectivity index (χ4n) is 3.82. The lowest BCUT2D eigenvalue weighted by Crippen LogP contribution is -2.39. The first kappa shape index (κ1) is 23.4. The number of aromatic nitrogens is 2. The Balaban J connectivity index is 1.64. The molecule has 0 saturated heterocycles. The number of carbonyl (C=O) groups is 2. The molecule has 1 heterocycles. The monoisotopic (exact) mass is 462 g/mol. The number of carbonyl (C=O) groups excluding carboxylic acids is 2. The average molecular weight is 463 g/mol. The molecular formula is C26H30N4O4. The third-order valence-electron chi connectivity index (χ3n) is 5.84. The van der Waals surface area contributed by atoms with Gasteiger partial charge in [0.2, 0.25) is 17.8 Å². The van der Waals surface area contributed by atoms with Crippen molar-refractivity contribution < 1.29 is 19.1 Å². The lowest BCUT2D eigenvalue weighted by Gasteiger charge is -2.21. The third kappa shape index (κ3) is 5.39. The number of nitrogens with one attached hydrogen (secondary N) is 1. The summed E-state index contributed by atoms with van der Waals surface area (Å²) in [6.07, 6.45) is 4.46. The number of benzene rings is 2. The molecule has 0 atom stereocenters. The van der Waals surface area contributed by atoms with E-state index in [0.717, 1.165) is 24.1 Å². The molecule has 178 valence electrons. The molecule has 1 aliphatic rings. The highest BCUT2D eigenvalue weighted by Gasteiger charge is 2.27. The normalized spacial score (nSPS) is 12.8. The van der Waals surface area contributed by atoms with E-state index < -0.39 is 0 Å². The maximum absolute atomic E-state index is 13.0. The summed E-state index contributed by atoms with van der Waals surface area (Å²) in [4.78, 5) is 31.7. The zero-order valence-electron chi connectivity index (χ0n) is 19.8. The number of imidazole rings is 1. The highest BCUT2D eigenvalue weighted by Crippen LogP contribution is 2.32. The first-order valence-electron chi connectivity index (χ1n) is 11.5. The molecule has 0 spiro atoms. The van der Waals surface area contributed by atoms with Crippen LogP contribution in [0.1, 0.15) is 26.2 Å². The van der Waals surface area contributed by atoms with E-state index in [1.807, 2.05) is 55.6 Å². The molecule has 1 N–H and O–H groups in total. The van der Waals surface area contributed by atoms with E-state index in [2.05, 4.69) is 5.32 Å². The molecule has 3 aromatic rings. The second-order valence-corrected chi connectivity index (χ2v) is 8.34. The molecule has 8 nitrogen and oxygen atoms in total. The lowest BCUT2D eigenvalue weighted by molar-refractivity contribution is -0.134. The van der Waals surface area contributed by atoms with Gasteiger partial charge >= 0.3 is 0 Å². The van der Waals surface area contributed by atoms with Gasteiger partial charge in [-0.2, -0.15) is 0 Å². The quantitative estimate of drug-likeness (QED) is 0.489. The molecule has 1 aliphatic carbocycles. The van der Waals surface area contributed by atoms with Gasteiger partial charge in [-0.05, 0) is 30.9 Å². The summed E-state index contributed by atoms with van der Waals surface area (Å²) in [5, 5.41) is 2.92. The van der Waals surface area contributed by atoms with Gasteiger partial charge in [0.05, 0.1) is 32.1 Å². The van der Waals surface area contributed by atoms with Gasteiger partial charge < -0.3 is 14.4 Å². The summed E-state index contributed by atoms with van der Waals surface area (Å²) < 4.78 is 12.6. The lowest BCUT2D eigenvalue weighted by atomic mass is 10.2. The predicted molar refractivity (Wildman–Crippen MR) is 130 cm³/mol. The van der Waals surface area contributed by atoms with Crippen molar-refractivity contribution in [3.8, 4) is 28.4 Å². The van der Waals surface area contributed by atoms with Crippen LogP contribution in [0.2, 0.25) is 0 Å². The van der Waals surface area contributed by atoms with E-state index in [-0.39, 0.29) is 18.4 Å². The molecule has 1 aromatic heterocycles. The number of nitrogens with zero attached hydrogens (tertiary/aromatic N) is 3. The van der Waals surface area contributed by atoms with Gasteiger partial charge in [-0.25, -0.2) is 4.98 Å². The largest absolute Gasteiger partial charge is 0.493 e. The van der Waals surface area contributed by atoms with Crippen molar-refractivity contribution in [2.24, 2.45) is 5.92 Å². The number of ether oxygens (including phenoxy) is 2. The molecule has 0 unspecified atom stereocenters. The van der Waals surface area contributed by atoms with Crippen molar-refractivity contribution in [1.82, 2.24) is 14.5 Å². The SMILES string of the molecule is CCC(=O)N(CC(=O)Nc1nc(-c2ccccc2)cn1-c1ccc(OC)c(OC)c1)CC1CC1. The Morgan fingerprint density at radius 1 is 1.09 bits per heavy atom. The molecule has 0 bridgehead atoms. The Morgan fingerprint density at radius 2 is 1.82 bits per heavy atom. The maximum atomic E-state index is 13.0. The molecular weight excluding hydrogens is 432 g/mol. The van der Waals surface area contributed by atoms with Crippen LogP contribution >= 0.6 is 0 Å². The van der Waals surface area contributed by atoms with Gasteiger partial charge in [-0.3, -0.25) is 19.5 Å². The fraction of sp³-hybridized carbons (Fsp3) is 0.346. The van der Waals surface area contributed by atoms with Crippen molar-refractivity contribution in [1.29, 1.82) is 0 Å². The number of hydrogen-bond donors (Lipinski definition) is 1. The van der Waals surface area contributed by atoms with Crippen LogP contribution in [0.4, 0.5) is 5.95 Å². The smallest absolute Gasteiger partial charge is 0.246 e. The molecule has 8 heteroatoms. The van der Waals surface area contributed by atoms with E-state index in [1.54, 1.807) is 29.8 Å². The summed E-state index contributed by atoms with van der Waals surface area (Å²) in [6.45, 7) is 2.44. The second kappa shape index (κ2) is 10.4. The van der Waals surface area contributed by atoms with Gasteiger partial charge in [-0.1, -0.05) is 37.3 Å². The minimum atomic E-state index is -0.283. The Hall–Kier alpha value is -3.81. The number of methoxy groups -OCH3 is 2. The van der Waals surface area contributed by atoms with Gasteiger partial charge in [0, 0.05) is 30.8 Å². The van der Waals surface area contributed by atoms with Crippen LogP contribution in [-0.2, 0) is 9.59 Å². The molecule has 4 rings (SSSR count). The van der Waals surface area contributed by atoms with Gasteiger partial charge in [0.25, 0.3) is 0 Å². The molecule has 2 aromatic carbocycles. The maximum Gasteiger partial charge on any atom is 0.246 e. The predicted octanol–water partition coefficient (Wildman–Crippen LogP) is 4.14. The molecule has 1 saturated carbocycles. The van der Waals surface area contributed by atoms with Gasteiger partial charge in [0.1, 0.15) is 0 Å². The van der Waals surface area contributed by atoms with Crippen molar-refractivity contribution in [3.05, 3.63) is 54.7 Å². The number of anilines is 1. The van der Waals surface area contributed by atoms with Crippen LogP contribution in [0.25, 0.3) is 16.9 Å². The van der Waals surface area contributed by atoms with Gasteiger partial charge in [-0.15, -0.1) is 0 Å². The average Bonchev–Trinajstić information content (AvgIpc) is 3.59. The topological polar surface area (TPSA) is 85.7 Å². The minimum absolute atomic E-state index is 0.00262. The van der Waals surface area contributed by atoms with E-state index in [4.69, 9.17) is 14.5 Å². The van der Waals surface area contributed by atoms with E-state index in [0.29, 0.717) is 42.0 Å². The second-order valence-electron chi connectivity index (χ2n) is 8.34. The van der Waals surface area contributed by atoms with Gasteiger partial charge in [0.15, 0.2) is 11.5 Å². The van der Waals surface area contributed by atoms with Crippen LogP contribution in [-0.4, -0.2) is 53.6 Å². The fourth-order valence-corrected chi connectivity index (χ4v) is 3.82. The minimum Gasteiger partial charge on any atom is -0.493 e. The Labute approximate surface area is 199 Å². The summed E-state index contributed by atoms with van der Waals surface area (Å²) in [6, 6.07) is 15.2. The Bertz CT molecular complexity index is 1150. The number of rotatable bonds is 10. The van der Waals surface area contributed by atoms with Crippen molar-refractivity contribution >= 4 is 17.8 Å². The molecule has 34 heavy (non-hydrogen) atoms. The van der Waals surface area contributed by atoms with Crippen molar-refractivity contribution in [3.63, 3.8) is 0 Å². The van der Waals surface area contributed by atoms with Crippen LogP contribution in [0.5, 0.6) is 11.5 Å². The highest BCUT2D eigenvalue weighted by molar-refractivity contribution is 5.94. The molecule has 0 aliphatic heterocycles. The number of amides is 2. The van der Waals surface area contributed by atoms with E-state index >= 15 is 0 Å². The molecule has 0 radical (unpaired) electrons. The zero-order valence-corrected chi connectivity index (χ0v) is 19.8. The highest BCUT2D eigenvalue weighted by atomic mass is 16.5. The van der Waals surface area contributed by atoms with E-state index in [1.165, 1.54) is 0 Å². The van der Waals surface area contributed by atoms with Crippen LogP contribution in [0, 0.1) is 5.92 Å². The summed E-state index contributed by atoms with van der Waals surface area (Å²) in [5.41, 5.74) is 2.39. The van der Waals surface area contributed by atoms with Crippen LogP contribution in [0.15, 0.2) is 54.7 Å². The van der Waals surface area contributed by atoms with Crippen molar-refractivity contribution in [2.45, 2.75) is 26.2 Å². The summed E-state index contributed by atoms with van der Waals surface area (Å²) in [7, 11) is 3.16. The first-order valence-corrected chi connectivity index (χ1v) is 11.5. The standard InChI is InChI=1S/C26H30N4O4/c1-4-25(32)29(15-18-10-11-18)17-24(31)28-26-27-21(19-8-6-5-7-9-19)16-30(26)20-12-13-22(33-2)23(14-20)34-3/h5-9,12-14,16,18H,4,10-11,15,17H2,1-3H3,(H,27,28,31). The first-order chi connectivity index (χ1) is 16.5. The van der Waals surface area contributed by atoms with Crippen LogP contribution < -0.4 is 14.8 Å². The summed E-state index contributed by atoms with van der Waals surface area (Å²) in [5.74, 6) is 1.74. The Morgan fingerprint density at radius 3 is 2.47 bits per heavy atom. The Kier molecular flexibility index (Phi) is 7.15. The van der Waals surface area contributed by atoms with E-state index in [9.17, 15) is 9.59 Å². The molecule has 1 fully saturated rings. The molecule has 2 amide bonds.